The van der Waals surface area contributed by atoms with E-state index in [2.05, 4.69) is 4.74 Å². The molecule has 1 aliphatic heterocycles. The molecule has 0 aromatic heterocycles. The summed E-state index contributed by atoms with van der Waals surface area (Å²) >= 11 is 0. The van der Waals surface area contributed by atoms with E-state index in [0.717, 1.165) is 0 Å². The van der Waals surface area contributed by atoms with E-state index in [1.54, 1.807) is 0 Å². The molecule has 2 atom stereocenters. The van der Waals surface area contributed by atoms with Gasteiger partial charge in [0, 0.05) is 6.42 Å². The van der Waals surface area contributed by atoms with Crippen molar-refractivity contribution in [2.24, 2.45) is 0 Å². The van der Waals surface area contributed by atoms with Crippen molar-refractivity contribution in [1.82, 2.24) is 0 Å². The first-order valence-electron chi connectivity index (χ1n) is 3.43. The Hall–Kier alpha value is -0.690. The molecule has 0 spiro atoms. The smallest absolute Gasteiger partial charge is 0.369 e. The highest BCUT2D eigenvalue weighted by molar-refractivity contribution is 5.78. The minimum Gasteiger partial charge on any atom is -0.456 e. The third-order valence-electron chi connectivity index (χ3n) is 1.73. The number of hydrogen-bond acceptors (Lipinski definition) is 6. The summed E-state index contributed by atoms with van der Waals surface area (Å²) in [5, 5.41) is 35.3. The summed E-state index contributed by atoms with van der Waals surface area (Å²) in [6.45, 7) is -0.446. The molecule has 6 heteroatoms. The maximum Gasteiger partial charge on any atom is 0.369 e. The zero-order chi connectivity index (χ0) is 9.35. The van der Waals surface area contributed by atoms with Gasteiger partial charge in [0.1, 0.15) is 12.2 Å². The first-order chi connectivity index (χ1) is 5.48. The van der Waals surface area contributed by atoms with Crippen molar-refractivity contribution in [1.29, 1.82) is 0 Å². The van der Waals surface area contributed by atoms with Crippen LogP contribution >= 0.6 is 0 Å². The lowest BCUT2D eigenvalue weighted by molar-refractivity contribution is -0.266. The van der Waals surface area contributed by atoms with Crippen LogP contribution in [0.3, 0.4) is 0 Å². The second-order valence-corrected chi connectivity index (χ2v) is 2.69. The average Bonchev–Trinajstić information content (AvgIpc) is 2.00. The number of carbonyl (C=O) groups excluding carboxylic acids is 1. The summed E-state index contributed by atoms with van der Waals surface area (Å²) < 4.78 is 4.37. The predicted octanol–water partition coefficient (Wildman–Crippen LogP) is -2.66. The van der Waals surface area contributed by atoms with Gasteiger partial charge in [0.05, 0.1) is 6.61 Å². The molecule has 1 fully saturated rings. The van der Waals surface area contributed by atoms with E-state index >= 15 is 0 Å². The normalized spacial score (nSPS) is 34.5. The standard InChI is InChI=1S/C6H10O6/c7-2-3-1-4(8)6(10,11)5(9)12-3/h3-4,7-8,10-11H,1-2H2. The molecule has 1 saturated heterocycles. The quantitative estimate of drug-likeness (QED) is 0.258. The van der Waals surface area contributed by atoms with E-state index in [1.807, 2.05) is 0 Å². The first kappa shape index (κ1) is 9.40. The Labute approximate surface area is 68.0 Å². The fraction of sp³-hybridized carbons (Fsp3) is 0.833. The highest BCUT2D eigenvalue weighted by Gasteiger charge is 2.49. The summed E-state index contributed by atoms with van der Waals surface area (Å²) in [6, 6.07) is 0. The second kappa shape index (κ2) is 2.98. The molecule has 1 rings (SSSR count). The number of cyclic esters (lactones) is 1. The number of hydrogen-bond donors (Lipinski definition) is 4. The van der Waals surface area contributed by atoms with Crippen LogP contribution in [0.4, 0.5) is 0 Å². The topological polar surface area (TPSA) is 107 Å². The zero-order valence-electron chi connectivity index (χ0n) is 6.17. The summed E-state index contributed by atoms with van der Waals surface area (Å²) in [7, 11) is 0. The van der Waals surface area contributed by atoms with Crippen molar-refractivity contribution in [2.45, 2.75) is 24.4 Å². The molecular weight excluding hydrogens is 168 g/mol. The van der Waals surface area contributed by atoms with E-state index in [1.165, 1.54) is 0 Å². The van der Waals surface area contributed by atoms with Gasteiger partial charge in [-0.15, -0.1) is 0 Å². The van der Waals surface area contributed by atoms with Gasteiger partial charge in [-0.3, -0.25) is 0 Å². The van der Waals surface area contributed by atoms with Crippen molar-refractivity contribution in [3.05, 3.63) is 0 Å². The number of aliphatic hydroxyl groups excluding tert-OH is 2. The van der Waals surface area contributed by atoms with Crippen LogP contribution in [-0.4, -0.2) is 51.0 Å². The van der Waals surface area contributed by atoms with E-state index < -0.39 is 30.6 Å². The van der Waals surface area contributed by atoms with Crippen LogP contribution in [0.15, 0.2) is 0 Å². The third-order valence-corrected chi connectivity index (χ3v) is 1.73. The molecule has 6 nitrogen and oxygen atoms in total. The van der Waals surface area contributed by atoms with Crippen molar-refractivity contribution in [3.8, 4) is 0 Å². The predicted molar refractivity (Wildman–Crippen MR) is 34.8 cm³/mol. The Balaban J connectivity index is 2.71. The van der Waals surface area contributed by atoms with Gasteiger partial charge in [-0.1, -0.05) is 0 Å². The molecule has 0 aliphatic carbocycles. The SMILES string of the molecule is O=C1OC(CO)CC(O)C1(O)O. The molecule has 0 bridgehead atoms. The van der Waals surface area contributed by atoms with E-state index in [9.17, 15) is 4.79 Å². The van der Waals surface area contributed by atoms with Crippen LogP contribution < -0.4 is 0 Å². The summed E-state index contributed by atoms with van der Waals surface area (Å²) in [5.74, 6) is -4.17. The highest BCUT2D eigenvalue weighted by atomic mass is 16.6. The van der Waals surface area contributed by atoms with Gasteiger partial charge in [-0.25, -0.2) is 4.79 Å². The summed E-state index contributed by atoms with van der Waals surface area (Å²) in [4.78, 5) is 10.7. The fourth-order valence-electron chi connectivity index (χ4n) is 0.947. The van der Waals surface area contributed by atoms with Crippen LogP contribution in [0.1, 0.15) is 6.42 Å². The molecule has 0 radical (unpaired) electrons. The molecule has 0 amide bonds. The van der Waals surface area contributed by atoms with Gasteiger partial charge >= 0.3 is 5.97 Å². The average molecular weight is 178 g/mol. The first-order valence-corrected chi connectivity index (χ1v) is 3.43. The monoisotopic (exact) mass is 178 g/mol. The van der Waals surface area contributed by atoms with Crippen molar-refractivity contribution < 1.29 is 30.0 Å². The third kappa shape index (κ3) is 1.42. The molecule has 12 heavy (non-hydrogen) atoms. The maximum absolute atomic E-state index is 10.7. The Morgan fingerprint density at radius 3 is 2.58 bits per heavy atom. The van der Waals surface area contributed by atoms with Crippen LogP contribution in [0.25, 0.3) is 0 Å². The van der Waals surface area contributed by atoms with Gasteiger partial charge in [-0.05, 0) is 0 Å². The van der Waals surface area contributed by atoms with Crippen LogP contribution in [0.5, 0.6) is 0 Å². The zero-order valence-corrected chi connectivity index (χ0v) is 6.17. The Morgan fingerprint density at radius 2 is 2.17 bits per heavy atom. The summed E-state index contributed by atoms with van der Waals surface area (Å²) in [6.07, 6.45) is -2.66. The van der Waals surface area contributed by atoms with Gasteiger partial charge in [0.15, 0.2) is 0 Å². The number of ether oxygens (including phenoxy) is 1. The second-order valence-electron chi connectivity index (χ2n) is 2.69. The molecule has 0 aromatic rings. The number of aliphatic hydroxyl groups is 4. The minimum atomic E-state index is -2.84. The molecule has 70 valence electrons. The van der Waals surface area contributed by atoms with Crippen LogP contribution in [0, 0.1) is 0 Å². The summed E-state index contributed by atoms with van der Waals surface area (Å²) in [5.41, 5.74) is 0. The minimum absolute atomic E-state index is 0.185. The lowest BCUT2D eigenvalue weighted by atomic mass is 10.0. The van der Waals surface area contributed by atoms with Gasteiger partial charge in [0.2, 0.25) is 0 Å². The largest absolute Gasteiger partial charge is 0.456 e. The van der Waals surface area contributed by atoms with Gasteiger partial charge in [0.25, 0.3) is 5.79 Å². The Morgan fingerprint density at radius 1 is 1.58 bits per heavy atom. The van der Waals surface area contributed by atoms with Crippen molar-refractivity contribution in [3.63, 3.8) is 0 Å². The lowest BCUT2D eigenvalue weighted by Gasteiger charge is -2.33. The van der Waals surface area contributed by atoms with Crippen molar-refractivity contribution >= 4 is 5.97 Å². The Kier molecular flexibility index (Phi) is 2.34. The highest BCUT2D eigenvalue weighted by Crippen LogP contribution is 2.22. The molecule has 1 aliphatic rings. The molecule has 4 N–H and O–H groups in total. The van der Waals surface area contributed by atoms with Gasteiger partial charge < -0.3 is 25.2 Å². The molecule has 0 aromatic carbocycles. The lowest BCUT2D eigenvalue weighted by Crippen LogP contribution is -2.57. The maximum atomic E-state index is 10.7. The van der Waals surface area contributed by atoms with Gasteiger partial charge in [-0.2, -0.15) is 0 Å². The van der Waals surface area contributed by atoms with Crippen molar-refractivity contribution in [2.75, 3.05) is 6.61 Å². The number of esters is 1. The van der Waals surface area contributed by atoms with Crippen LogP contribution in [-0.2, 0) is 9.53 Å². The number of rotatable bonds is 1. The van der Waals surface area contributed by atoms with E-state index in [0.29, 0.717) is 0 Å². The molecule has 2 unspecified atom stereocenters. The van der Waals surface area contributed by atoms with E-state index in [4.69, 9.17) is 20.4 Å². The Bertz CT molecular complexity index is 188. The molecular formula is C6H10O6. The van der Waals surface area contributed by atoms with E-state index in [-0.39, 0.29) is 6.42 Å². The van der Waals surface area contributed by atoms with Crippen LogP contribution in [0.2, 0.25) is 0 Å². The number of carbonyl (C=O) groups is 1. The molecule has 0 saturated carbocycles. The fourth-order valence-corrected chi connectivity index (χ4v) is 0.947. The molecule has 1 heterocycles.